The molecule has 0 fully saturated rings. The second kappa shape index (κ2) is 3.92. The van der Waals surface area contributed by atoms with E-state index >= 15 is 0 Å². The molecule has 0 spiro atoms. The van der Waals surface area contributed by atoms with E-state index in [1.165, 1.54) is 4.88 Å². The molecular weight excluding hydrogens is 242 g/mol. The largest absolute Gasteiger partial charge is 0.303 e. The first-order chi connectivity index (χ1) is 8.57. The second-order valence-corrected chi connectivity index (χ2v) is 6.21. The first-order valence-corrected chi connectivity index (χ1v) is 6.83. The molecule has 0 amide bonds. The molecule has 0 unspecified atom stereocenters. The Labute approximate surface area is 110 Å². The summed E-state index contributed by atoms with van der Waals surface area (Å²) < 4.78 is 2.22. The number of rotatable bonds is 1. The highest BCUT2D eigenvalue weighted by Crippen LogP contribution is 2.32. The quantitative estimate of drug-likeness (QED) is 0.661. The van der Waals surface area contributed by atoms with E-state index in [1.54, 1.807) is 11.3 Å². The third-order valence-electron chi connectivity index (χ3n) is 2.83. The molecule has 0 N–H and O–H groups in total. The maximum absolute atomic E-state index is 4.73. The van der Waals surface area contributed by atoms with Crippen molar-refractivity contribution in [3.63, 3.8) is 0 Å². The number of imidazole rings is 1. The van der Waals surface area contributed by atoms with Gasteiger partial charge < -0.3 is 4.57 Å². The van der Waals surface area contributed by atoms with Crippen molar-refractivity contribution in [2.45, 2.75) is 26.3 Å². The summed E-state index contributed by atoms with van der Waals surface area (Å²) in [4.78, 5) is 10.4. The lowest BCUT2D eigenvalue weighted by Crippen LogP contribution is -2.22. The monoisotopic (exact) mass is 257 g/mol. The van der Waals surface area contributed by atoms with Gasteiger partial charge in [-0.1, -0.05) is 6.07 Å². The molecule has 0 saturated carbocycles. The third-order valence-corrected chi connectivity index (χ3v) is 3.69. The maximum Gasteiger partial charge on any atom is 0.160 e. The number of thiophene rings is 1. The fourth-order valence-electron chi connectivity index (χ4n) is 2.12. The van der Waals surface area contributed by atoms with E-state index in [1.807, 2.05) is 18.3 Å². The van der Waals surface area contributed by atoms with Gasteiger partial charge in [-0.05, 0) is 44.4 Å². The van der Waals surface area contributed by atoms with Gasteiger partial charge >= 0.3 is 0 Å². The molecule has 0 aliphatic heterocycles. The van der Waals surface area contributed by atoms with Crippen molar-refractivity contribution in [1.29, 1.82) is 0 Å². The maximum atomic E-state index is 4.73. The van der Waals surface area contributed by atoms with Gasteiger partial charge in [-0.3, -0.25) is 0 Å². The predicted octanol–water partition coefficient (Wildman–Crippen LogP) is 3.91. The summed E-state index contributed by atoms with van der Waals surface area (Å²) in [6, 6.07) is 8.11. The normalized spacial score (nSPS) is 12.2. The second-order valence-electron chi connectivity index (χ2n) is 5.27. The zero-order valence-corrected chi connectivity index (χ0v) is 11.5. The van der Waals surface area contributed by atoms with E-state index in [9.17, 15) is 0 Å². The van der Waals surface area contributed by atoms with Crippen LogP contribution in [0.4, 0.5) is 0 Å². The summed E-state index contributed by atoms with van der Waals surface area (Å²) in [5, 5.41) is 2.08. The zero-order valence-electron chi connectivity index (χ0n) is 10.7. The summed E-state index contributed by atoms with van der Waals surface area (Å²) in [6.07, 6.45) is 1.82. The number of aromatic nitrogens is 3. The van der Waals surface area contributed by atoms with Crippen molar-refractivity contribution in [2.24, 2.45) is 0 Å². The van der Waals surface area contributed by atoms with E-state index in [4.69, 9.17) is 4.98 Å². The first-order valence-electron chi connectivity index (χ1n) is 5.95. The van der Waals surface area contributed by atoms with Crippen LogP contribution in [0.1, 0.15) is 20.8 Å². The van der Waals surface area contributed by atoms with Crippen molar-refractivity contribution < 1.29 is 0 Å². The van der Waals surface area contributed by atoms with Crippen molar-refractivity contribution in [1.82, 2.24) is 14.5 Å². The number of pyridine rings is 1. The van der Waals surface area contributed by atoms with Crippen LogP contribution < -0.4 is 0 Å². The Kier molecular flexibility index (Phi) is 2.48. The number of hydrogen-bond acceptors (Lipinski definition) is 3. The molecule has 0 aliphatic carbocycles. The molecule has 3 aromatic rings. The molecule has 3 nitrogen and oxygen atoms in total. The summed E-state index contributed by atoms with van der Waals surface area (Å²) in [6.45, 7) is 6.54. The van der Waals surface area contributed by atoms with E-state index in [0.29, 0.717) is 0 Å². The molecule has 18 heavy (non-hydrogen) atoms. The highest BCUT2D eigenvalue weighted by atomic mass is 32.1. The van der Waals surface area contributed by atoms with E-state index in [2.05, 4.69) is 47.8 Å². The van der Waals surface area contributed by atoms with Crippen LogP contribution in [-0.2, 0) is 5.54 Å². The molecule has 0 aliphatic rings. The average Bonchev–Trinajstić information content (AvgIpc) is 2.94. The fraction of sp³-hybridized carbons (Fsp3) is 0.286. The van der Waals surface area contributed by atoms with Gasteiger partial charge in [0.15, 0.2) is 11.5 Å². The van der Waals surface area contributed by atoms with Crippen LogP contribution in [0.15, 0.2) is 35.8 Å². The first kappa shape index (κ1) is 11.4. The Morgan fingerprint density at radius 2 is 2.00 bits per heavy atom. The summed E-state index contributed by atoms with van der Waals surface area (Å²) >= 11 is 1.71. The minimum Gasteiger partial charge on any atom is -0.303 e. The van der Waals surface area contributed by atoms with Crippen LogP contribution in [0.25, 0.3) is 21.9 Å². The molecular formula is C14H15N3S. The van der Waals surface area contributed by atoms with Gasteiger partial charge in [0.1, 0.15) is 5.52 Å². The topological polar surface area (TPSA) is 30.7 Å². The lowest BCUT2D eigenvalue weighted by Gasteiger charge is -2.23. The smallest absolute Gasteiger partial charge is 0.160 e. The van der Waals surface area contributed by atoms with Crippen LogP contribution in [0.5, 0.6) is 0 Å². The van der Waals surface area contributed by atoms with Crippen molar-refractivity contribution in [2.75, 3.05) is 0 Å². The van der Waals surface area contributed by atoms with Gasteiger partial charge in [-0.15, -0.1) is 11.3 Å². The summed E-state index contributed by atoms with van der Waals surface area (Å²) in [7, 11) is 0. The Bertz CT molecular complexity index is 675. The van der Waals surface area contributed by atoms with E-state index in [0.717, 1.165) is 17.0 Å². The third kappa shape index (κ3) is 1.73. The van der Waals surface area contributed by atoms with Gasteiger partial charge in [0.05, 0.1) is 4.88 Å². The molecule has 0 bridgehead atoms. The van der Waals surface area contributed by atoms with Gasteiger partial charge in [0, 0.05) is 11.7 Å². The zero-order chi connectivity index (χ0) is 12.8. The van der Waals surface area contributed by atoms with Crippen LogP contribution in [-0.4, -0.2) is 14.5 Å². The van der Waals surface area contributed by atoms with E-state index in [-0.39, 0.29) is 5.54 Å². The Balaban J connectivity index is 2.38. The molecule has 4 heteroatoms. The fourth-order valence-corrected chi connectivity index (χ4v) is 2.82. The number of fused-ring (bicyclic) bond motifs is 1. The molecule has 0 saturated heterocycles. The SMILES string of the molecule is CC(C)(C)n1c(-c2cccs2)nc2cccnc21. The predicted molar refractivity (Wildman–Crippen MR) is 75.8 cm³/mol. The van der Waals surface area contributed by atoms with E-state index < -0.39 is 0 Å². The Morgan fingerprint density at radius 1 is 1.17 bits per heavy atom. The molecule has 3 aromatic heterocycles. The van der Waals surface area contributed by atoms with Crippen LogP contribution in [0.3, 0.4) is 0 Å². The van der Waals surface area contributed by atoms with Crippen LogP contribution >= 0.6 is 11.3 Å². The molecule has 3 heterocycles. The molecule has 0 radical (unpaired) electrons. The summed E-state index contributed by atoms with van der Waals surface area (Å²) in [5.41, 5.74) is 1.87. The highest BCUT2D eigenvalue weighted by Gasteiger charge is 2.23. The molecule has 0 atom stereocenters. The molecule has 3 rings (SSSR count). The Morgan fingerprint density at radius 3 is 2.67 bits per heavy atom. The average molecular weight is 257 g/mol. The molecule has 0 aromatic carbocycles. The van der Waals surface area contributed by atoms with Crippen molar-refractivity contribution in [3.05, 3.63) is 35.8 Å². The van der Waals surface area contributed by atoms with Crippen molar-refractivity contribution in [3.8, 4) is 10.7 Å². The molecule has 92 valence electrons. The lowest BCUT2D eigenvalue weighted by molar-refractivity contribution is 0.411. The van der Waals surface area contributed by atoms with Crippen LogP contribution in [0.2, 0.25) is 0 Å². The highest BCUT2D eigenvalue weighted by molar-refractivity contribution is 7.13. The number of nitrogens with zero attached hydrogens (tertiary/aromatic N) is 3. The van der Waals surface area contributed by atoms with Gasteiger partial charge in [0.25, 0.3) is 0 Å². The lowest BCUT2D eigenvalue weighted by atomic mass is 10.1. The standard InChI is InChI=1S/C14H15N3S/c1-14(2,3)17-12-10(6-4-8-15-12)16-13(17)11-7-5-9-18-11/h4-9H,1-3H3. The number of hydrogen-bond donors (Lipinski definition) is 0. The van der Waals surface area contributed by atoms with Gasteiger partial charge in [-0.2, -0.15) is 0 Å². The van der Waals surface area contributed by atoms with Crippen molar-refractivity contribution >= 4 is 22.5 Å². The van der Waals surface area contributed by atoms with Crippen LogP contribution in [0, 0.1) is 0 Å². The summed E-state index contributed by atoms with van der Waals surface area (Å²) in [5.74, 6) is 1.01. The van der Waals surface area contributed by atoms with Gasteiger partial charge in [0.2, 0.25) is 0 Å². The minimum atomic E-state index is -0.0393. The van der Waals surface area contributed by atoms with Gasteiger partial charge in [-0.25, -0.2) is 9.97 Å². The Hall–Kier alpha value is -1.68. The minimum absolute atomic E-state index is 0.0393.